The molecule has 0 radical (unpaired) electrons. The Morgan fingerprint density at radius 3 is 2.00 bits per heavy atom. The summed E-state index contributed by atoms with van der Waals surface area (Å²) in [7, 11) is 0. The summed E-state index contributed by atoms with van der Waals surface area (Å²) in [5.74, 6) is -0.249. The largest absolute Gasteiger partial charge is 0.368 e. The highest BCUT2D eigenvalue weighted by atomic mass is 16.1. The number of rotatable bonds is 4. The average molecular weight is 158 g/mol. The maximum atomic E-state index is 10.8. The third-order valence-electron chi connectivity index (χ3n) is 1.94. The summed E-state index contributed by atoms with van der Waals surface area (Å²) in [5, 5.41) is 0. The second-order valence-corrected chi connectivity index (χ2v) is 3.00. The molecule has 0 spiro atoms. The first kappa shape index (κ1) is 10.4. The van der Waals surface area contributed by atoms with E-state index in [1.54, 1.807) is 0 Å². The minimum atomic E-state index is -0.249. The van der Waals surface area contributed by atoms with E-state index >= 15 is 0 Å². The summed E-state index contributed by atoms with van der Waals surface area (Å²) in [6.45, 7) is 8.85. The van der Waals surface area contributed by atoms with Crippen LogP contribution in [-0.2, 0) is 4.79 Å². The molecule has 0 aliphatic carbocycles. The number of nitrogens with zero attached hydrogens (tertiary/aromatic N) is 1. The van der Waals surface area contributed by atoms with Gasteiger partial charge in [0, 0.05) is 6.04 Å². The van der Waals surface area contributed by atoms with E-state index in [9.17, 15) is 4.79 Å². The number of amides is 1. The number of carbonyl (C=O) groups excluding carboxylic acids is 1. The lowest BCUT2D eigenvalue weighted by Crippen LogP contribution is -2.46. The number of nitrogens with two attached hydrogens (primary N) is 1. The Kier molecular flexibility index (Phi) is 4.11. The van der Waals surface area contributed by atoms with E-state index in [-0.39, 0.29) is 11.9 Å². The van der Waals surface area contributed by atoms with Crippen molar-refractivity contribution in [3.63, 3.8) is 0 Å². The van der Waals surface area contributed by atoms with Crippen LogP contribution in [0.1, 0.15) is 27.7 Å². The summed E-state index contributed by atoms with van der Waals surface area (Å²) in [5.41, 5.74) is 5.17. The van der Waals surface area contributed by atoms with Crippen LogP contribution in [0.2, 0.25) is 0 Å². The van der Waals surface area contributed by atoms with Gasteiger partial charge < -0.3 is 5.73 Å². The van der Waals surface area contributed by atoms with Crippen LogP contribution in [0.15, 0.2) is 0 Å². The SMILES string of the molecule is CCN(C(C)C)C(C)C(N)=O. The fourth-order valence-electron chi connectivity index (χ4n) is 1.25. The molecule has 1 amide bonds. The van der Waals surface area contributed by atoms with Gasteiger partial charge in [-0.15, -0.1) is 0 Å². The van der Waals surface area contributed by atoms with Crippen molar-refractivity contribution in [2.45, 2.75) is 39.8 Å². The summed E-state index contributed by atoms with van der Waals surface area (Å²) in [6, 6.07) is 0.225. The fourth-order valence-corrected chi connectivity index (χ4v) is 1.25. The molecule has 0 saturated heterocycles. The van der Waals surface area contributed by atoms with Crippen molar-refractivity contribution in [1.29, 1.82) is 0 Å². The molecule has 11 heavy (non-hydrogen) atoms. The predicted molar refractivity (Wildman–Crippen MR) is 46.2 cm³/mol. The van der Waals surface area contributed by atoms with Crippen molar-refractivity contribution in [1.82, 2.24) is 4.90 Å². The van der Waals surface area contributed by atoms with Crippen LogP contribution in [0.25, 0.3) is 0 Å². The molecule has 3 nitrogen and oxygen atoms in total. The molecule has 0 aliphatic heterocycles. The maximum Gasteiger partial charge on any atom is 0.234 e. The van der Waals surface area contributed by atoms with Crippen molar-refractivity contribution < 1.29 is 4.79 Å². The number of primary amides is 1. The molecule has 0 aromatic rings. The van der Waals surface area contributed by atoms with Gasteiger partial charge in [0.1, 0.15) is 0 Å². The normalized spacial score (nSPS) is 14.0. The number of likely N-dealkylation sites (N-methyl/N-ethyl adjacent to an activating group) is 1. The molecule has 66 valence electrons. The smallest absolute Gasteiger partial charge is 0.234 e. The predicted octanol–water partition coefficient (Wildman–Crippen LogP) is 0.591. The minimum absolute atomic E-state index is 0.153. The second kappa shape index (κ2) is 4.34. The zero-order valence-electron chi connectivity index (χ0n) is 7.79. The van der Waals surface area contributed by atoms with E-state index < -0.39 is 0 Å². The molecule has 0 saturated carbocycles. The minimum Gasteiger partial charge on any atom is -0.368 e. The molecule has 0 bridgehead atoms. The van der Waals surface area contributed by atoms with Gasteiger partial charge in [0.05, 0.1) is 6.04 Å². The van der Waals surface area contributed by atoms with Crippen molar-refractivity contribution in [3.8, 4) is 0 Å². The van der Waals surface area contributed by atoms with Gasteiger partial charge in [0.25, 0.3) is 0 Å². The van der Waals surface area contributed by atoms with Gasteiger partial charge in [-0.25, -0.2) is 0 Å². The molecule has 0 fully saturated rings. The van der Waals surface area contributed by atoms with Crippen LogP contribution in [0.3, 0.4) is 0 Å². The van der Waals surface area contributed by atoms with Crippen LogP contribution < -0.4 is 5.73 Å². The fraction of sp³-hybridized carbons (Fsp3) is 0.875. The van der Waals surface area contributed by atoms with E-state index in [4.69, 9.17) is 5.73 Å². The van der Waals surface area contributed by atoms with Gasteiger partial charge in [-0.3, -0.25) is 9.69 Å². The van der Waals surface area contributed by atoms with Gasteiger partial charge in [0.15, 0.2) is 0 Å². The van der Waals surface area contributed by atoms with Gasteiger partial charge >= 0.3 is 0 Å². The highest BCUT2D eigenvalue weighted by molar-refractivity contribution is 5.79. The van der Waals surface area contributed by atoms with Crippen LogP contribution in [0.5, 0.6) is 0 Å². The first-order valence-electron chi connectivity index (χ1n) is 4.05. The standard InChI is InChI=1S/C8H18N2O/c1-5-10(6(2)3)7(4)8(9)11/h6-7H,5H2,1-4H3,(H2,9,11). The Morgan fingerprint density at radius 2 is 1.91 bits per heavy atom. The van der Waals surface area contributed by atoms with Crippen molar-refractivity contribution in [3.05, 3.63) is 0 Å². The highest BCUT2D eigenvalue weighted by Gasteiger charge is 2.18. The van der Waals surface area contributed by atoms with Crippen molar-refractivity contribution in [2.75, 3.05) is 6.54 Å². The summed E-state index contributed by atoms with van der Waals surface area (Å²) in [4.78, 5) is 12.8. The summed E-state index contributed by atoms with van der Waals surface area (Å²) < 4.78 is 0. The second-order valence-electron chi connectivity index (χ2n) is 3.00. The molecular formula is C8H18N2O. The lowest BCUT2D eigenvalue weighted by molar-refractivity contribution is -0.123. The molecule has 1 unspecified atom stereocenters. The molecule has 0 aromatic carbocycles. The number of hydrogen-bond donors (Lipinski definition) is 1. The van der Waals surface area contributed by atoms with Gasteiger partial charge in [-0.1, -0.05) is 6.92 Å². The molecular weight excluding hydrogens is 140 g/mol. The van der Waals surface area contributed by atoms with Crippen molar-refractivity contribution in [2.24, 2.45) is 5.73 Å². The third-order valence-corrected chi connectivity index (χ3v) is 1.94. The third kappa shape index (κ3) is 2.89. The summed E-state index contributed by atoms with van der Waals surface area (Å²) in [6.07, 6.45) is 0. The Hall–Kier alpha value is -0.570. The molecule has 1 atom stereocenters. The number of carbonyl (C=O) groups is 1. The molecule has 0 rings (SSSR count). The molecule has 0 heterocycles. The number of hydrogen-bond acceptors (Lipinski definition) is 2. The van der Waals surface area contributed by atoms with Crippen LogP contribution in [-0.4, -0.2) is 29.4 Å². The molecule has 3 heteroatoms. The lowest BCUT2D eigenvalue weighted by atomic mass is 10.2. The average Bonchev–Trinajstić information content (AvgIpc) is 1.88. The first-order chi connectivity index (χ1) is 5.00. The Balaban J connectivity index is 4.13. The molecule has 2 N–H and O–H groups in total. The Labute approximate surface area is 68.6 Å². The van der Waals surface area contributed by atoms with Gasteiger partial charge in [-0.2, -0.15) is 0 Å². The van der Waals surface area contributed by atoms with Crippen LogP contribution >= 0.6 is 0 Å². The van der Waals surface area contributed by atoms with E-state index in [2.05, 4.69) is 18.7 Å². The summed E-state index contributed by atoms with van der Waals surface area (Å²) >= 11 is 0. The van der Waals surface area contributed by atoms with E-state index in [1.807, 2.05) is 13.8 Å². The van der Waals surface area contributed by atoms with E-state index in [1.165, 1.54) is 0 Å². The quantitative estimate of drug-likeness (QED) is 0.651. The Morgan fingerprint density at radius 1 is 1.45 bits per heavy atom. The zero-order chi connectivity index (χ0) is 9.02. The van der Waals surface area contributed by atoms with E-state index in [0.29, 0.717) is 6.04 Å². The Bertz CT molecular complexity index is 134. The van der Waals surface area contributed by atoms with Gasteiger partial charge in [0.2, 0.25) is 5.91 Å². The highest BCUT2D eigenvalue weighted by Crippen LogP contribution is 2.03. The van der Waals surface area contributed by atoms with Crippen molar-refractivity contribution >= 4 is 5.91 Å². The topological polar surface area (TPSA) is 46.3 Å². The van der Waals surface area contributed by atoms with Crippen LogP contribution in [0, 0.1) is 0 Å². The van der Waals surface area contributed by atoms with Gasteiger partial charge in [-0.05, 0) is 27.3 Å². The lowest BCUT2D eigenvalue weighted by Gasteiger charge is -2.29. The molecule has 0 aromatic heterocycles. The van der Waals surface area contributed by atoms with E-state index in [0.717, 1.165) is 6.54 Å². The van der Waals surface area contributed by atoms with Crippen LogP contribution in [0.4, 0.5) is 0 Å². The zero-order valence-corrected chi connectivity index (χ0v) is 7.79. The first-order valence-corrected chi connectivity index (χ1v) is 4.05. The molecule has 0 aliphatic rings. The maximum absolute atomic E-state index is 10.8. The monoisotopic (exact) mass is 158 g/mol.